The van der Waals surface area contributed by atoms with Crippen LogP contribution in [0.1, 0.15) is 0 Å². The number of hydrogen-bond donors (Lipinski definition) is 2. The van der Waals surface area contributed by atoms with Crippen LogP contribution in [-0.2, 0) is 10.0 Å². The van der Waals surface area contributed by atoms with E-state index in [1.165, 1.54) is 18.7 Å². The molecule has 0 atom stereocenters. The number of nitrogens with zero attached hydrogens (tertiary/aromatic N) is 2. The van der Waals surface area contributed by atoms with Crippen LogP contribution in [0, 0.1) is 0 Å². The first kappa shape index (κ1) is 11.1. The first-order valence-electron chi connectivity index (χ1n) is 4.21. The molecular formula is C8H7BrN4O2S. The summed E-state index contributed by atoms with van der Waals surface area (Å²) in [5.41, 5.74) is 0.387. The summed E-state index contributed by atoms with van der Waals surface area (Å²) in [7, 11) is -3.61. The molecule has 0 amide bonds. The molecule has 2 heterocycles. The van der Waals surface area contributed by atoms with Crippen molar-refractivity contribution in [2.24, 2.45) is 0 Å². The van der Waals surface area contributed by atoms with E-state index in [2.05, 4.69) is 35.6 Å². The number of aromatic amines is 1. The summed E-state index contributed by atoms with van der Waals surface area (Å²) in [6, 6.07) is 3.25. The molecule has 2 N–H and O–H groups in total. The summed E-state index contributed by atoms with van der Waals surface area (Å²) in [5.74, 6) is 0. The second kappa shape index (κ2) is 4.22. The van der Waals surface area contributed by atoms with Gasteiger partial charge in [0.1, 0.15) is 4.60 Å². The highest BCUT2D eigenvalue weighted by atomic mass is 79.9. The van der Waals surface area contributed by atoms with E-state index in [0.29, 0.717) is 10.3 Å². The molecule has 0 aliphatic heterocycles. The van der Waals surface area contributed by atoms with E-state index in [1.807, 2.05) is 0 Å². The molecule has 0 aliphatic carbocycles. The molecular weight excluding hydrogens is 296 g/mol. The van der Waals surface area contributed by atoms with Crippen molar-refractivity contribution in [3.8, 4) is 0 Å². The van der Waals surface area contributed by atoms with Gasteiger partial charge in [-0.25, -0.2) is 9.97 Å². The second-order valence-corrected chi connectivity index (χ2v) is 5.35. The summed E-state index contributed by atoms with van der Waals surface area (Å²) < 4.78 is 26.5. The Hall–Kier alpha value is -1.41. The van der Waals surface area contributed by atoms with Crippen LogP contribution in [0.15, 0.2) is 40.5 Å². The molecule has 8 heteroatoms. The highest BCUT2D eigenvalue weighted by molar-refractivity contribution is 9.10. The van der Waals surface area contributed by atoms with Crippen LogP contribution in [0.25, 0.3) is 0 Å². The Morgan fingerprint density at radius 3 is 2.69 bits per heavy atom. The molecule has 16 heavy (non-hydrogen) atoms. The van der Waals surface area contributed by atoms with Gasteiger partial charge in [0.25, 0.3) is 10.0 Å². The molecule has 0 radical (unpaired) electrons. The van der Waals surface area contributed by atoms with E-state index in [0.717, 1.165) is 0 Å². The van der Waals surface area contributed by atoms with Gasteiger partial charge in [-0.05, 0) is 28.1 Å². The molecule has 0 saturated carbocycles. The highest BCUT2D eigenvalue weighted by Crippen LogP contribution is 2.14. The number of pyridine rings is 1. The minimum atomic E-state index is -3.61. The molecule has 2 aromatic rings. The molecule has 6 nitrogen and oxygen atoms in total. The Labute approximate surface area is 100 Å². The predicted molar refractivity (Wildman–Crippen MR) is 61.3 cm³/mol. The molecule has 0 fully saturated rings. The second-order valence-electron chi connectivity index (χ2n) is 2.89. The largest absolute Gasteiger partial charge is 0.334 e. The number of imidazole rings is 1. The smallest absolute Gasteiger partial charge is 0.279 e. The van der Waals surface area contributed by atoms with E-state index in [4.69, 9.17) is 0 Å². The molecule has 0 spiro atoms. The molecule has 0 bridgehead atoms. The fraction of sp³-hybridized carbons (Fsp3) is 0. The lowest BCUT2D eigenvalue weighted by molar-refractivity contribution is 0.598. The third-order valence-electron chi connectivity index (χ3n) is 1.74. The van der Waals surface area contributed by atoms with Crippen molar-refractivity contribution >= 4 is 31.6 Å². The Balaban J connectivity index is 2.25. The summed E-state index contributed by atoms with van der Waals surface area (Å²) in [6.07, 6.45) is 3.95. The molecule has 2 aromatic heterocycles. The van der Waals surface area contributed by atoms with Crippen molar-refractivity contribution in [3.63, 3.8) is 0 Å². The van der Waals surface area contributed by atoms with Crippen molar-refractivity contribution < 1.29 is 8.42 Å². The third kappa shape index (κ3) is 2.39. The van der Waals surface area contributed by atoms with Gasteiger partial charge in [-0.3, -0.25) is 4.72 Å². The van der Waals surface area contributed by atoms with Crippen LogP contribution < -0.4 is 4.72 Å². The fourth-order valence-corrected chi connectivity index (χ4v) is 2.22. The van der Waals surface area contributed by atoms with E-state index >= 15 is 0 Å². The SMILES string of the molecule is O=S(=O)(Nc1ccc(Br)nc1)c1cnc[nH]1. The van der Waals surface area contributed by atoms with Crippen LogP contribution in [0.2, 0.25) is 0 Å². The van der Waals surface area contributed by atoms with Crippen molar-refractivity contribution in [2.75, 3.05) is 4.72 Å². The number of nitrogens with one attached hydrogen (secondary N) is 2. The maximum absolute atomic E-state index is 11.7. The van der Waals surface area contributed by atoms with Crippen LogP contribution in [0.3, 0.4) is 0 Å². The van der Waals surface area contributed by atoms with Crippen molar-refractivity contribution in [2.45, 2.75) is 5.03 Å². The predicted octanol–water partition coefficient (Wildman–Crippen LogP) is 1.37. The maximum atomic E-state index is 11.7. The number of sulfonamides is 1. The van der Waals surface area contributed by atoms with Gasteiger partial charge < -0.3 is 4.98 Å². The minimum absolute atomic E-state index is 0.00965. The van der Waals surface area contributed by atoms with Gasteiger partial charge in [-0.2, -0.15) is 8.42 Å². The Bertz CT molecular complexity index is 565. The summed E-state index contributed by atoms with van der Waals surface area (Å²) >= 11 is 3.16. The lowest BCUT2D eigenvalue weighted by Gasteiger charge is -2.04. The average Bonchev–Trinajstić information content (AvgIpc) is 2.75. The first-order chi connectivity index (χ1) is 7.58. The van der Waals surface area contributed by atoms with Crippen LogP contribution in [0.4, 0.5) is 5.69 Å². The van der Waals surface area contributed by atoms with Gasteiger partial charge in [-0.1, -0.05) is 0 Å². The number of halogens is 1. The average molecular weight is 303 g/mol. The maximum Gasteiger partial charge on any atom is 0.279 e. The van der Waals surface area contributed by atoms with Gasteiger partial charge in [0.15, 0.2) is 5.03 Å². The summed E-state index contributed by atoms with van der Waals surface area (Å²) in [5, 5.41) is 0.00965. The van der Waals surface area contributed by atoms with Gasteiger partial charge in [0.05, 0.1) is 24.4 Å². The van der Waals surface area contributed by atoms with Crippen LogP contribution >= 0.6 is 15.9 Å². The van der Waals surface area contributed by atoms with Crippen molar-refractivity contribution in [1.29, 1.82) is 0 Å². The third-order valence-corrected chi connectivity index (χ3v) is 3.52. The van der Waals surface area contributed by atoms with Crippen molar-refractivity contribution in [1.82, 2.24) is 15.0 Å². The summed E-state index contributed by atoms with van der Waals surface area (Å²) in [6.45, 7) is 0. The first-order valence-corrected chi connectivity index (χ1v) is 6.48. The topological polar surface area (TPSA) is 87.7 Å². The number of aromatic nitrogens is 3. The van der Waals surface area contributed by atoms with Gasteiger partial charge in [-0.15, -0.1) is 0 Å². The Kier molecular flexibility index (Phi) is 2.92. The van der Waals surface area contributed by atoms with E-state index in [-0.39, 0.29) is 5.03 Å². The zero-order chi connectivity index (χ0) is 11.6. The quantitative estimate of drug-likeness (QED) is 0.838. The monoisotopic (exact) mass is 302 g/mol. The number of hydrogen-bond acceptors (Lipinski definition) is 4. The number of H-pyrrole nitrogens is 1. The fourth-order valence-electron chi connectivity index (χ4n) is 1.04. The number of anilines is 1. The van der Waals surface area contributed by atoms with Gasteiger partial charge >= 0.3 is 0 Å². The lowest BCUT2D eigenvalue weighted by atomic mass is 10.4. The van der Waals surface area contributed by atoms with E-state index < -0.39 is 10.0 Å². The molecule has 0 saturated heterocycles. The number of rotatable bonds is 3. The Morgan fingerprint density at radius 1 is 1.31 bits per heavy atom. The van der Waals surface area contributed by atoms with Crippen LogP contribution in [-0.4, -0.2) is 23.4 Å². The van der Waals surface area contributed by atoms with Crippen LogP contribution in [0.5, 0.6) is 0 Å². The zero-order valence-corrected chi connectivity index (χ0v) is 10.3. The molecule has 0 aromatic carbocycles. The molecule has 84 valence electrons. The van der Waals surface area contributed by atoms with Gasteiger partial charge in [0.2, 0.25) is 0 Å². The molecule has 2 rings (SSSR count). The molecule has 0 unspecified atom stereocenters. The van der Waals surface area contributed by atoms with E-state index in [9.17, 15) is 8.42 Å². The highest BCUT2D eigenvalue weighted by Gasteiger charge is 2.15. The lowest BCUT2D eigenvalue weighted by Crippen LogP contribution is -2.13. The summed E-state index contributed by atoms with van der Waals surface area (Å²) in [4.78, 5) is 10.1. The normalized spacial score (nSPS) is 11.3. The molecule has 0 aliphatic rings. The minimum Gasteiger partial charge on any atom is -0.334 e. The van der Waals surface area contributed by atoms with E-state index in [1.54, 1.807) is 12.1 Å². The Morgan fingerprint density at radius 2 is 2.12 bits per heavy atom. The van der Waals surface area contributed by atoms with Crippen molar-refractivity contribution in [3.05, 3.63) is 35.5 Å². The standard InChI is InChI=1S/C8H7BrN4O2S/c9-7-2-1-6(3-11-7)13-16(14,15)8-4-10-5-12-8/h1-5,13H,(H,10,12). The zero-order valence-electron chi connectivity index (χ0n) is 7.88. The van der Waals surface area contributed by atoms with Gasteiger partial charge in [0, 0.05) is 0 Å².